The minimum atomic E-state index is -4.14. The van der Waals surface area contributed by atoms with Crippen LogP contribution < -0.4 is 0 Å². The van der Waals surface area contributed by atoms with Crippen molar-refractivity contribution in [1.29, 1.82) is 0 Å². The molecule has 0 fully saturated rings. The smallest absolute Gasteiger partial charge is 0.379 e. The summed E-state index contributed by atoms with van der Waals surface area (Å²) >= 11 is 0. The fourth-order valence-electron chi connectivity index (χ4n) is 5.69. The molecule has 0 saturated carbocycles. The molecule has 1 aromatic rings. The van der Waals surface area contributed by atoms with Gasteiger partial charge in [-0.2, -0.15) is 0 Å². The first-order chi connectivity index (χ1) is 22.7. The highest BCUT2D eigenvalue weighted by Gasteiger charge is 2.24. The fraction of sp³-hybridized carbons (Fsp3) is 0.846. The molecule has 0 aliphatic carbocycles. The molecule has 0 amide bonds. The molecule has 1 N–H and O–H groups in total. The molecule has 276 valence electrons. The first kappa shape index (κ1) is 44.2. The average Bonchev–Trinajstić information content (AvgIpc) is 3.04. The quantitative estimate of drug-likeness (QED) is 0.0436. The lowest BCUT2D eigenvalue weighted by Crippen LogP contribution is -2.35. The van der Waals surface area contributed by atoms with Crippen LogP contribution in [0.4, 0.5) is 0 Å². The predicted octanol–water partition coefficient (Wildman–Crippen LogP) is 11.0. The Balaban J connectivity index is 2.14. The molecule has 0 spiro atoms. The number of hydrogen-bond donors (Lipinski definition) is 1. The Hall–Kier alpha value is -0.790. The normalized spacial score (nSPS) is 14.0. The van der Waals surface area contributed by atoms with Crippen molar-refractivity contribution in [2.45, 2.75) is 161 Å². The van der Waals surface area contributed by atoms with E-state index in [1.165, 1.54) is 122 Å². The van der Waals surface area contributed by atoms with Gasteiger partial charge in [-0.3, -0.25) is 9.05 Å². The summed E-state index contributed by atoms with van der Waals surface area (Å²) in [5.74, 6) is 0. The van der Waals surface area contributed by atoms with E-state index in [4.69, 9.17) is 18.5 Å². The van der Waals surface area contributed by atoms with Gasteiger partial charge in [0.25, 0.3) is 0 Å². The molecule has 7 nitrogen and oxygen atoms in total. The number of phosphoric ester groups is 1. The maximum absolute atomic E-state index is 12.5. The maximum Gasteiger partial charge on any atom is 0.472 e. The summed E-state index contributed by atoms with van der Waals surface area (Å²) in [6, 6.07) is 9.91. The van der Waals surface area contributed by atoms with Gasteiger partial charge in [-0.15, -0.1) is 0 Å². The number of ether oxygens (including phenoxy) is 2. The third kappa shape index (κ3) is 31.0. The molecule has 0 bridgehead atoms. The van der Waals surface area contributed by atoms with E-state index in [1.54, 1.807) is 0 Å². The Bertz CT molecular complexity index is 850. The lowest BCUT2D eigenvalue weighted by molar-refractivity contribution is -0.870. The summed E-state index contributed by atoms with van der Waals surface area (Å²) in [6.45, 7) is 5.01. The second-order valence-corrected chi connectivity index (χ2v) is 16.0. The van der Waals surface area contributed by atoms with Crippen molar-refractivity contribution in [3.05, 3.63) is 35.9 Å². The second kappa shape index (κ2) is 30.1. The van der Waals surface area contributed by atoms with E-state index in [0.29, 0.717) is 19.8 Å². The number of benzene rings is 1. The highest BCUT2D eigenvalue weighted by atomic mass is 31.2. The van der Waals surface area contributed by atoms with Gasteiger partial charge in [0.15, 0.2) is 0 Å². The number of unbranched alkanes of at least 4 members (excludes halogenated alkanes) is 20. The third-order valence-corrected chi connectivity index (χ3v) is 9.66. The molecule has 0 radical (unpaired) electrons. The molecule has 2 unspecified atom stereocenters. The van der Waals surface area contributed by atoms with Crippen LogP contribution in [0.15, 0.2) is 30.3 Å². The largest absolute Gasteiger partial charge is 0.472 e. The topological polar surface area (TPSA) is 74.2 Å². The highest BCUT2D eigenvalue weighted by Crippen LogP contribution is 2.43. The molecule has 0 aliphatic rings. The summed E-state index contributed by atoms with van der Waals surface area (Å²) in [5.41, 5.74) is 1.04. The van der Waals surface area contributed by atoms with E-state index >= 15 is 0 Å². The Kier molecular flexibility index (Phi) is 28.3. The molecular weight excluding hydrogens is 609 g/mol. The number of quaternary nitrogens is 1. The van der Waals surface area contributed by atoms with Gasteiger partial charge in [0, 0.05) is 6.61 Å². The molecule has 0 aromatic heterocycles. The zero-order valence-corrected chi connectivity index (χ0v) is 32.0. The molecule has 0 saturated heterocycles. The maximum atomic E-state index is 12.5. The van der Waals surface area contributed by atoms with Crippen LogP contribution in [0.2, 0.25) is 0 Å². The minimum Gasteiger partial charge on any atom is -0.379 e. The molecule has 1 aromatic carbocycles. The van der Waals surface area contributed by atoms with Crippen LogP contribution >= 0.6 is 7.82 Å². The van der Waals surface area contributed by atoms with Crippen molar-refractivity contribution < 1.29 is 32.5 Å². The molecule has 2 atom stereocenters. The van der Waals surface area contributed by atoms with Crippen LogP contribution in [0, 0.1) is 0 Å². The molecule has 47 heavy (non-hydrogen) atoms. The zero-order valence-electron chi connectivity index (χ0n) is 31.1. The number of phosphoric acid groups is 1. The number of rotatable bonds is 35. The summed E-state index contributed by atoms with van der Waals surface area (Å²) in [6.07, 6.45) is 27.5. The summed E-state index contributed by atoms with van der Waals surface area (Å²) in [4.78, 5) is 10.2. The summed E-state index contributed by atoms with van der Waals surface area (Å²) < 4.78 is 36.1. The summed E-state index contributed by atoms with van der Waals surface area (Å²) in [7, 11) is 2.52. The molecule has 0 heterocycles. The van der Waals surface area contributed by atoms with E-state index in [9.17, 15) is 9.46 Å². The van der Waals surface area contributed by atoms with Gasteiger partial charge in [-0.25, -0.2) is 4.57 Å². The van der Waals surface area contributed by atoms with E-state index in [-0.39, 0.29) is 13.2 Å². The van der Waals surface area contributed by atoms with Crippen molar-refractivity contribution in [2.75, 3.05) is 54.1 Å². The molecule has 0 aliphatic heterocycles. The van der Waals surface area contributed by atoms with Crippen LogP contribution in [-0.4, -0.2) is 69.6 Å². The molecular formula is C39H75NO6P+. The number of nitrogens with zero attached hydrogens (tertiary/aromatic N) is 1. The summed E-state index contributed by atoms with van der Waals surface area (Å²) in [5, 5.41) is 0. The Morgan fingerprint density at radius 2 is 1.09 bits per heavy atom. The lowest BCUT2D eigenvalue weighted by atomic mass is 10.0. The van der Waals surface area contributed by atoms with Crippen LogP contribution in [0.25, 0.3) is 0 Å². The lowest BCUT2D eigenvalue weighted by Gasteiger charge is -2.23. The highest BCUT2D eigenvalue weighted by molar-refractivity contribution is 7.47. The SMILES string of the molecule is CCCCCCCCCCCCCCCCCCOCC(COP(=O)(O)OCCCCCCCC[N+](C)(C)C)OCc1ccccc1. The Labute approximate surface area is 290 Å². The van der Waals surface area contributed by atoms with Gasteiger partial charge >= 0.3 is 7.82 Å². The van der Waals surface area contributed by atoms with Gasteiger partial charge in [0.1, 0.15) is 6.10 Å². The van der Waals surface area contributed by atoms with Crippen molar-refractivity contribution in [2.24, 2.45) is 0 Å². The Morgan fingerprint density at radius 3 is 1.60 bits per heavy atom. The van der Waals surface area contributed by atoms with E-state index in [0.717, 1.165) is 35.7 Å². The van der Waals surface area contributed by atoms with E-state index < -0.39 is 13.9 Å². The predicted molar refractivity (Wildman–Crippen MR) is 198 cm³/mol. The van der Waals surface area contributed by atoms with Crippen molar-refractivity contribution in [1.82, 2.24) is 0 Å². The third-order valence-electron chi connectivity index (χ3n) is 8.68. The second-order valence-electron chi connectivity index (χ2n) is 14.5. The van der Waals surface area contributed by atoms with E-state index in [2.05, 4.69) is 28.1 Å². The standard InChI is InChI=1S/C39H74NO6P/c1-5-6-7-8-9-10-11-12-13-14-15-16-17-19-22-28-33-43-36-39(44-35-38-30-25-24-26-31-38)37-46-47(41,42)45-34-29-23-20-18-21-27-32-40(2,3)4/h24-26,30-31,39H,5-23,27-29,32-37H2,1-4H3/p+1. The fourth-order valence-corrected chi connectivity index (χ4v) is 6.48. The van der Waals surface area contributed by atoms with Crippen molar-refractivity contribution >= 4 is 7.82 Å². The van der Waals surface area contributed by atoms with Gasteiger partial charge in [0.05, 0.1) is 54.1 Å². The van der Waals surface area contributed by atoms with Gasteiger partial charge < -0.3 is 18.9 Å². The van der Waals surface area contributed by atoms with Crippen molar-refractivity contribution in [3.63, 3.8) is 0 Å². The van der Waals surface area contributed by atoms with Gasteiger partial charge in [0.2, 0.25) is 0 Å². The monoisotopic (exact) mass is 685 g/mol. The van der Waals surface area contributed by atoms with Crippen LogP contribution in [0.1, 0.15) is 154 Å². The minimum absolute atomic E-state index is 0.0497. The van der Waals surface area contributed by atoms with Crippen molar-refractivity contribution in [3.8, 4) is 0 Å². The van der Waals surface area contributed by atoms with Gasteiger partial charge in [-0.05, 0) is 31.2 Å². The Morgan fingerprint density at radius 1 is 0.617 bits per heavy atom. The average molecular weight is 685 g/mol. The zero-order chi connectivity index (χ0) is 34.3. The first-order valence-corrected chi connectivity index (χ1v) is 20.9. The van der Waals surface area contributed by atoms with Gasteiger partial charge in [-0.1, -0.05) is 153 Å². The van der Waals surface area contributed by atoms with E-state index in [1.807, 2.05) is 30.3 Å². The van der Waals surface area contributed by atoms with Crippen LogP contribution in [0.3, 0.4) is 0 Å². The molecule has 1 rings (SSSR count). The number of hydrogen-bond acceptors (Lipinski definition) is 5. The van der Waals surface area contributed by atoms with Crippen LogP contribution in [0.5, 0.6) is 0 Å². The molecule has 8 heteroatoms. The van der Waals surface area contributed by atoms with Crippen LogP contribution in [-0.2, 0) is 29.7 Å². The first-order valence-electron chi connectivity index (χ1n) is 19.4.